The van der Waals surface area contributed by atoms with Gasteiger partial charge in [-0.3, -0.25) is 4.79 Å². The summed E-state index contributed by atoms with van der Waals surface area (Å²) < 4.78 is 27.7. The van der Waals surface area contributed by atoms with E-state index in [-0.39, 0.29) is 5.91 Å². The Kier molecular flexibility index (Phi) is 6.98. The molecule has 0 atom stereocenters. The quantitative estimate of drug-likeness (QED) is 0.466. The number of benzene rings is 2. The number of ether oxygens (including phenoxy) is 4. The summed E-state index contributed by atoms with van der Waals surface area (Å²) in [4.78, 5) is 12.8. The SMILES string of the molecule is CCOc1cc2oc(C)c(C)c2cc1/C(C)=C/C(=O)Nc1cc(OC)c(OC)c(OC)c1. The second kappa shape index (κ2) is 9.68. The molecule has 0 fully saturated rings. The number of hydrogen-bond donors (Lipinski definition) is 1. The van der Waals surface area contributed by atoms with Gasteiger partial charge in [-0.25, -0.2) is 0 Å². The van der Waals surface area contributed by atoms with Crippen LogP contribution < -0.4 is 24.3 Å². The first-order valence-corrected chi connectivity index (χ1v) is 10.3. The van der Waals surface area contributed by atoms with Crippen molar-refractivity contribution in [2.24, 2.45) is 0 Å². The van der Waals surface area contributed by atoms with Crippen LogP contribution in [0.3, 0.4) is 0 Å². The van der Waals surface area contributed by atoms with Crippen molar-refractivity contribution in [1.82, 2.24) is 0 Å². The van der Waals surface area contributed by atoms with E-state index in [9.17, 15) is 4.79 Å². The monoisotopic (exact) mass is 439 g/mol. The molecule has 0 aliphatic heterocycles. The third-order valence-corrected chi connectivity index (χ3v) is 5.28. The van der Waals surface area contributed by atoms with Gasteiger partial charge in [-0.2, -0.15) is 0 Å². The lowest BCUT2D eigenvalue weighted by atomic mass is 10.0. The largest absolute Gasteiger partial charge is 0.493 e. The summed E-state index contributed by atoms with van der Waals surface area (Å²) in [6.07, 6.45) is 1.54. The van der Waals surface area contributed by atoms with Gasteiger partial charge in [0.2, 0.25) is 11.7 Å². The van der Waals surface area contributed by atoms with E-state index in [0.29, 0.717) is 35.3 Å². The molecule has 32 heavy (non-hydrogen) atoms. The molecular formula is C25H29NO6. The smallest absolute Gasteiger partial charge is 0.248 e. The van der Waals surface area contributed by atoms with Crippen molar-refractivity contribution in [3.63, 3.8) is 0 Å². The van der Waals surface area contributed by atoms with Gasteiger partial charge in [-0.1, -0.05) is 0 Å². The lowest BCUT2D eigenvalue weighted by Crippen LogP contribution is -2.09. The number of allylic oxidation sites excluding steroid dienone is 1. The van der Waals surface area contributed by atoms with Gasteiger partial charge in [-0.15, -0.1) is 0 Å². The Morgan fingerprint density at radius 3 is 2.22 bits per heavy atom. The van der Waals surface area contributed by atoms with Gasteiger partial charge in [0.05, 0.1) is 27.9 Å². The van der Waals surface area contributed by atoms with Crippen LogP contribution in [-0.2, 0) is 4.79 Å². The molecule has 7 heteroatoms. The summed E-state index contributed by atoms with van der Waals surface area (Å²) in [5, 5.41) is 3.86. The van der Waals surface area contributed by atoms with Crippen molar-refractivity contribution in [2.75, 3.05) is 33.3 Å². The highest BCUT2D eigenvalue weighted by Gasteiger charge is 2.16. The molecule has 0 unspecified atom stereocenters. The summed E-state index contributed by atoms with van der Waals surface area (Å²) in [5.41, 5.74) is 3.96. The zero-order valence-corrected chi connectivity index (χ0v) is 19.5. The summed E-state index contributed by atoms with van der Waals surface area (Å²) in [6.45, 7) is 8.25. The first-order chi connectivity index (χ1) is 15.3. The van der Waals surface area contributed by atoms with Crippen LogP contribution >= 0.6 is 0 Å². The fraction of sp³-hybridized carbons (Fsp3) is 0.320. The molecule has 1 N–H and O–H groups in total. The van der Waals surface area contributed by atoms with E-state index < -0.39 is 0 Å². The molecule has 0 aliphatic carbocycles. The van der Waals surface area contributed by atoms with E-state index in [1.165, 1.54) is 27.4 Å². The van der Waals surface area contributed by atoms with Crippen molar-refractivity contribution in [2.45, 2.75) is 27.7 Å². The number of carbonyl (C=O) groups is 1. The van der Waals surface area contributed by atoms with Crippen LogP contribution in [0.1, 0.15) is 30.7 Å². The maximum atomic E-state index is 12.8. The number of anilines is 1. The number of rotatable bonds is 8. The number of carbonyl (C=O) groups excluding carboxylic acids is 1. The molecule has 1 aromatic heterocycles. The van der Waals surface area contributed by atoms with E-state index >= 15 is 0 Å². The normalized spacial score (nSPS) is 11.4. The highest BCUT2D eigenvalue weighted by atomic mass is 16.5. The number of hydrogen-bond acceptors (Lipinski definition) is 6. The Hall–Kier alpha value is -3.61. The second-order valence-electron chi connectivity index (χ2n) is 7.29. The molecule has 0 radical (unpaired) electrons. The average Bonchev–Trinajstić information content (AvgIpc) is 3.05. The Morgan fingerprint density at radius 1 is 1.00 bits per heavy atom. The lowest BCUT2D eigenvalue weighted by Gasteiger charge is -2.14. The van der Waals surface area contributed by atoms with E-state index in [1.54, 1.807) is 12.1 Å². The molecule has 2 aromatic carbocycles. The predicted molar refractivity (Wildman–Crippen MR) is 125 cm³/mol. The molecule has 0 saturated heterocycles. The van der Waals surface area contributed by atoms with Gasteiger partial charge in [0.15, 0.2) is 11.5 Å². The molecule has 0 spiro atoms. The fourth-order valence-electron chi connectivity index (χ4n) is 3.56. The van der Waals surface area contributed by atoms with Crippen LogP contribution in [-0.4, -0.2) is 33.8 Å². The van der Waals surface area contributed by atoms with Crippen LogP contribution in [0, 0.1) is 13.8 Å². The Labute approximate surface area is 187 Å². The van der Waals surface area contributed by atoms with E-state index in [0.717, 1.165) is 33.4 Å². The molecule has 1 amide bonds. The van der Waals surface area contributed by atoms with Crippen LogP contribution in [0.5, 0.6) is 23.0 Å². The third-order valence-electron chi connectivity index (χ3n) is 5.28. The highest BCUT2D eigenvalue weighted by molar-refractivity contribution is 6.05. The third kappa shape index (κ3) is 4.51. The second-order valence-corrected chi connectivity index (χ2v) is 7.29. The molecule has 1 heterocycles. The van der Waals surface area contributed by atoms with Crippen molar-refractivity contribution < 1.29 is 28.2 Å². The van der Waals surface area contributed by atoms with Crippen LogP contribution in [0.4, 0.5) is 5.69 Å². The first kappa shape index (κ1) is 23.1. The van der Waals surface area contributed by atoms with E-state index in [2.05, 4.69) is 5.32 Å². The van der Waals surface area contributed by atoms with Crippen molar-refractivity contribution in [1.29, 1.82) is 0 Å². The number of nitrogens with one attached hydrogen (secondary N) is 1. The molecule has 7 nitrogen and oxygen atoms in total. The summed E-state index contributed by atoms with van der Waals surface area (Å²) in [5.74, 6) is 2.61. The Morgan fingerprint density at radius 2 is 1.66 bits per heavy atom. The minimum absolute atomic E-state index is 0.292. The van der Waals surface area contributed by atoms with Gasteiger partial charge in [0.25, 0.3) is 0 Å². The minimum atomic E-state index is -0.292. The summed E-state index contributed by atoms with van der Waals surface area (Å²) >= 11 is 0. The maximum Gasteiger partial charge on any atom is 0.248 e. The van der Waals surface area contributed by atoms with Crippen LogP contribution in [0.25, 0.3) is 16.5 Å². The number of aryl methyl sites for hydroxylation is 2. The van der Waals surface area contributed by atoms with Gasteiger partial charge >= 0.3 is 0 Å². The first-order valence-electron chi connectivity index (χ1n) is 10.3. The van der Waals surface area contributed by atoms with E-state index in [1.807, 2.05) is 39.8 Å². The van der Waals surface area contributed by atoms with Gasteiger partial charge in [0.1, 0.15) is 17.1 Å². The average molecular weight is 440 g/mol. The number of methoxy groups -OCH3 is 3. The molecular weight excluding hydrogens is 410 g/mol. The topological polar surface area (TPSA) is 79.2 Å². The van der Waals surface area contributed by atoms with Crippen LogP contribution in [0.15, 0.2) is 34.8 Å². The molecule has 3 rings (SSSR count). The fourth-order valence-corrected chi connectivity index (χ4v) is 3.56. The predicted octanol–water partition coefficient (Wildman–Crippen LogP) is 5.52. The summed E-state index contributed by atoms with van der Waals surface area (Å²) in [7, 11) is 4.58. The maximum absolute atomic E-state index is 12.8. The van der Waals surface area contributed by atoms with Gasteiger partial charge in [-0.05, 0) is 44.9 Å². The van der Waals surface area contributed by atoms with Gasteiger partial charge in [0, 0.05) is 40.9 Å². The molecule has 3 aromatic rings. The van der Waals surface area contributed by atoms with Crippen molar-refractivity contribution >= 4 is 28.1 Å². The molecule has 0 bridgehead atoms. The lowest BCUT2D eigenvalue weighted by molar-refractivity contribution is -0.111. The molecule has 0 saturated carbocycles. The molecule has 0 aliphatic rings. The number of amides is 1. The van der Waals surface area contributed by atoms with Crippen molar-refractivity contribution in [3.05, 3.63) is 47.2 Å². The number of fused-ring (bicyclic) bond motifs is 1. The van der Waals surface area contributed by atoms with E-state index in [4.69, 9.17) is 23.4 Å². The molecule has 170 valence electrons. The zero-order valence-electron chi connectivity index (χ0n) is 19.5. The number of furan rings is 1. The van der Waals surface area contributed by atoms with Crippen molar-refractivity contribution in [3.8, 4) is 23.0 Å². The Balaban J connectivity index is 1.95. The standard InChI is InChI=1S/C25H29NO6/c1-8-31-20-13-21-19(15(3)16(4)32-21)12-18(20)14(2)9-24(27)26-17-10-22(28-5)25(30-7)23(11-17)29-6/h9-13H,8H2,1-7H3,(H,26,27)/b14-9+. The highest BCUT2D eigenvalue weighted by Crippen LogP contribution is 2.40. The Bertz CT molecular complexity index is 1150. The van der Waals surface area contributed by atoms with Gasteiger partial charge < -0.3 is 28.7 Å². The summed E-state index contributed by atoms with van der Waals surface area (Å²) in [6, 6.07) is 7.24. The minimum Gasteiger partial charge on any atom is -0.493 e. The zero-order chi connectivity index (χ0) is 23.4. The van der Waals surface area contributed by atoms with Crippen LogP contribution in [0.2, 0.25) is 0 Å².